The van der Waals surface area contributed by atoms with Crippen LogP contribution in [0.4, 0.5) is 0 Å². The summed E-state index contributed by atoms with van der Waals surface area (Å²) in [5, 5.41) is 3.32. The second kappa shape index (κ2) is 5.63. The molecule has 0 atom stereocenters. The second-order valence-electron chi connectivity index (χ2n) is 6.35. The molecule has 1 aromatic carbocycles. The summed E-state index contributed by atoms with van der Waals surface area (Å²) in [6.07, 6.45) is 0. The molecule has 0 unspecified atom stereocenters. The monoisotopic (exact) mass is 309 g/mol. The van der Waals surface area contributed by atoms with Gasteiger partial charge in [-0.1, -0.05) is 23.7 Å². The molecule has 1 aromatic rings. The molecule has 4 nitrogen and oxygen atoms in total. The van der Waals surface area contributed by atoms with Crippen molar-refractivity contribution in [1.82, 2.24) is 5.32 Å². The van der Waals surface area contributed by atoms with Gasteiger partial charge in [-0.05, 0) is 39.3 Å². The molecule has 2 rings (SSSR count). The van der Waals surface area contributed by atoms with Crippen LogP contribution >= 0.6 is 11.6 Å². The van der Waals surface area contributed by atoms with Crippen LogP contribution in [0.15, 0.2) is 18.2 Å². The van der Waals surface area contributed by atoms with Crippen LogP contribution in [0.2, 0.25) is 5.02 Å². The summed E-state index contributed by atoms with van der Waals surface area (Å²) in [5.41, 5.74) is 0.962. The van der Waals surface area contributed by atoms with Crippen LogP contribution in [0, 0.1) is 0 Å². The molecule has 1 amide bonds. The van der Waals surface area contributed by atoms with E-state index >= 15 is 0 Å². The van der Waals surface area contributed by atoms with Crippen LogP contribution in [-0.4, -0.2) is 24.2 Å². The SMILES string of the molecule is CC(=O)NCc1ccc(B2OC(C)(C)C(C)(C)O2)c(Cl)c1. The van der Waals surface area contributed by atoms with E-state index in [2.05, 4.69) is 5.32 Å². The lowest BCUT2D eigenvalue weighted by Crippen LogP contribution is -2.41. The Balaban J connectivity index is 2.17. The van der Waals surface area contributed by atoms with E-state index < -0.39 is 18.3 Å². The Bertz CT molecular complexity index is 544. The van der Waals surface area contributed by atoms with Crippen molar-refractivity contribution in [3.63, 3.8) is 0 Å². The van der Waals surface area contributed by atoms with Crippen LogP contribution in [0.5, 0.6) is 0 Å². The average molecular weight is 310 g/mol. The van der Waals surface area contributed by atoms with Gasteiger partial charge in [0.2, 0.25) is 5.91 Å². The number of nitrogens with one attached hydrogen (secondary N) is 1. The van der Waals surface area contributed by atoms with Gasteiger partial charge in [0, 0.05) is 24.0 Å². The Labute approximate surface area is 131 Å². The maximum absolute atomic E-state index is 10.9. The van der Waals surface area contributed by atoms with Gasteiger partial charge in [0.25, 0.3) is 0 Å². The lowest BCUT2D eigenvalue weighted by Gasteiger charge is -2.32. The average Bonchev–Trinajstić information content (AvgIpc) is 2.55. The Morgan fingerprint density at radius 3 is 2.29 bits per heavy atom. The van der Waals surface area contributed by atoms with Crippen LogP contribution in [0.3, 0.4) is 0 Å². The minimum absolute atomic E-state index is 0.0684. The second-order valence-corrected chi connectivity index (χ2v) is 6.76. The van der Waals surface area contributed by atoms with E-state index in [0.29, 0.717) is 11.6 Å². The van der Waals surface area contributed by atoms with Crippen LogP contribution < -0.4 is 10.8 Å². The molecule has 0 aromatic heterocycles. The van der Waals surface area contributed by atoms with Crippen molar-refractivity contribution < 1.29 is 14.1 Å². The van der Waals surface area contributed by atoms with E-state index in [9.17, 15) is 4.79 Å². The Morgan fingerprint density at radius 1 is 1.24 bits per heavy atom. The van der Waals surface area contributed by atoms with Crippen molar-refractivity contribution in [2.75, 3.05) is 0 Å². The van der Waals surface area contributed by atoms with Crippen molar-refractivity contribution in [2.45, 2.75) is 52.4 Å². The first-order chi connectivity index (χ1) is 9.62. The standard InChI is InChI=1S/C15H21BClNO3/c1-10(19)18-9-11-6-7-12(13(17)8-11)16-20-14(2,3)15(4,5)21-16/h6-8H,9H2,1-5H3,(H,18,19). The highest BCUT2D eigenvalue weighted by atomic mass is 35.5. The van der Waals surface area contributed by atoms with Gasteiger partial charge in [-0.25, -0.2) is 0 Å². The lowest BCUT2D eigenvalue weighted by molar-refractivity contribution is -0.119. The molecule has 0 aliphatic carbocycles. The third kappa shape index (κ3) is 3.42. The highest BCUT2D eigenvalue weighted by molar-refractivity contribution is 6.65. The maximum atomic E-state index is 10.9. The normalized spacial score (nSPS) is 19.6. The van der Waals surface area contributed by atoms with Gasteiger partial charge in [0.05, 0.1) is 11.2 Å². The van der Waals surface area contributed by atoms with Gasteiger partial charge in [0.15, 0.2) is 0 Å². The summed E-state index contributed by atoms with van der Waals surface area (Å²) in [7, 11) is -0.475. The first-order valence-electron chi connectivity index (χ1n) is 7.01. The molecule has 6 heteroatoms. The number of hydrogen-bond acceptors (Lipinski definition) is 3. The van der Waals surface area contributed by atoms with Crippen molar-refractivity contribution in [1.29, 1.82) is 0 Å². The summed E-state index contributed by atoms with van der Waals surface area (Å²) >= 11 is 6.34. The Hall–Kier alpha value is -1.04. The molecule has 1 fully saturated rings. The highest BCUT2D eigenvalue weighted by Crippen LogP contribution is 2.37. The van der Waals surface area contributed by atoms with E-state index in [0.717, 1.165) is 11.0 Å². The quantitative estimate of drug-likeness (QED) is 0.871. The zero-order valence-electron chi connectivity index (χ0n) is 13.1. The molecule has 114 valence electrons. The minimum Gasteiger partial charge on any atom is -0.399 e. The first-order valence-corrected chi connectivity index (χ1v) is 7.38. The molecule has 0 radical (unpaired) electrons. The van der Waals surface area contributed by atoms with Gasteiger partial charge >= 0.3 is 7.12 Å². The van der Waals surface area contributed by atoms with Crippen LogP contribution in [0.1, 0.15) is 40.2 Å². The number of amides is 1. The Morgan fingerprint density at radius 2 is 1.81 bits per heavy atom. The fourth-order valence-electron chi connectivity index (χ4n) is 2.07. The van der Waals surface area contributed by atoms with Gasteiger partial charge in [-0.2, -0.15) is 0 Å². The summed E-state index contributed by atoms with van der Waals surface area (Å²) in [4.78, 5) is 10.9. The number of rotatable bonds is 3. The third-order valence-electron chi connectivity index (χ3n) is 4.11. The van der Waals surface area contributed by atoms with E-state index in [1.54, 1.807) is 0 Å². The number of benzene rings is 1. The van der Waals surface area contributed by atoms with E-state index in [1.807, 2.05) is 45.9 Å². The number of hydrogen-bond donors (Lipinski definition) is 1. The van der Waals surface area contributed by atoms with Crippen molar-refractivity contribution in [3.8, 4) is 0 Å². The van der Waals surface area contributed by atoms with E-state index in [-0.39, 0.29) is 5.91 Å². The van der Waals surface area contributed by atoms with Crippen molar-refractivity contribution >= 4 is 30.1 Å². The molecule has 21 heavy (non-hydrogen) atoms. The molecule has 1 N–H and O–H groups in total. The third-order valence-corrected chi connectivity index (χ3v) is 4.44. The topological polar surface area (TPSA) is 47.6 Å². The molecule has 0 saturated carbocycles. The predicted octanol–water partition coefficient (Wildman–Crippen LogP) is 2.28. The summed E-state index contributed by atoms with van der Waals surface area (Å²) in [6, 6.07) is 5.64. The molecular weight excluding hydrogens is 288 g/mol. The van der Waals surface area contributed by atoms with E-state index in [1.165, 1.54) is 6.92 Å². The largest absolute Gasteiger partial charge is 0.496 e. The number of halogens is 1. The Kier molecular flexibility index (Phi) is 4.38. The maximum Gasteiger partial charge on any atom is 0.496 e. The molecule has 0 spiro atoms. The predicted molar refractivity (Wildman–Crippen MR) is 84.7 cm³/mol. The lowest BCUT2D eigenvalue weighted by atomic mass is 9.78. The summed E-state index contributed by atoms with van der Waals surface area (Å²) in [5.74, 6) is -0.0684. The number of carbonyl (C=O) groups excluding carboxylic acids is 1. The smallest absolute Gasteiger partial charge is 0.399 e. The van der Waals surface area contributed by atoms with Crippen molar-refractivity contribution in [3.05, 3.63) is 28.8 Å². The molecule has 0 bridgehead atoms. The molecule has 1 heterocycles. The summed E-state index contributed by atoms with van der Waals surface area (Å²) in [6.45, 7) is 9.97. The molecule has 1 saturated heterocycles. The van der Waals surface area contributed by atoms with E-state index in [4.69, 9.17) is 20.9 Å². The van der Waals surface area contributed by atoms with Gasteiger partial charge in [-0.3, -0.25) is 4.79 Å². The van der Waals surface area contributed by atoms with Crippen LogP contribution in [0.25, 0.3) is 0 Å². The molecule has 1 aliphatic rings. The summed E-state index contributed by atoms with van der Waals surface area (Å²) < 4.78 is 12.0. The highest BCUT2D eigenvalue weighted by Gasteiger charge is 2.52. The van der Waals surface area contributed by atoms with Crippen LogP contribution in [-0.2, 0) is 20.6 Å². The zero-order chi connectivity index (χ0) is 15.8. The fraction of sp³-hybridized carbons (Fsp3) is 0.533. The number of carbonyl (C=O) groups is 1. The van der Waals surface area contributed by atoms with Crippen molar-refractivity contribution in [2.24, 2.45) is 0 Å². The van der Waals surface area contributed by atoms with Gasteiger partial charge in [-0.15, -0.1) is 0 Å². The van der Waals surface area contributed by atoms with Gasteiger partial charge in [0.1, 0.15) is 0 Å². The molecule has 1 aliphatic heterocycles. The van der Waals surface area contributed by atoms with Gasteiger partial charge < -0.3 is 14.6 Å². The fourth-order valence-corrected chi connectivity index (χ4v) is 2.36. The minimum atomic E-state index is -0.475. The zero-order valence-corrected chi connectivity index (χ0v) is 13.9. The first kappa shape index (κ1) is 16.3. The molecular formula is C15H21BClNO3.